The zero-order chi connectivity index (χ0) is 17.1. The van der Waals surface area contributed by atoms with Crippen LogP contribution in [0, 0.1) is 5.92 Å². The van der Waals surface area contributed by atoms with Crippen molar-refractivity contribution in [2.24, 2.45) is 5.92 Å². The molecule has 1 saturated heterocycles. The van der Waals surface area contributed by atoms with Gasteiger partial charge < -0.3 is 20.4 Å². The highest BCUT2D eigenvalue weighted by atomic mass is 16.2. The Balaban J connectivity index is 1.57. The van der Waals surface area contributed by atoms with Crippen molar-refractivity contribution in [2.75, 3.05) is 43.9 Å². The van der Waals surface area contributed by atoms with E-state index < -0.39 is 0 Å². The van der Waals surface area contributed by atoms with Crippen molar-refractivity contribution >= 4 is 23.3 Å². The number of nitrogens with zero attached hydrogens (tertiary/aromatic N) is 2. The third kappa shape index (κ3) is 3.87. The third-order valence-electron chi connectivity index (χ3n) is 4.94. The van der Waals surface area contributed by atoms with Crippen molar-refractivity contribution in [1.29, 1.82) is 0 Å². The number of amides is 3. The Kier molecular flexibility index (Phi) is 5.04. The lowest BCUT2D eigenvalue weighted by Gasteiger charge is -2.21. The van der Waals surface area contributed by atoms with Crippen LogP contribution in [0.3, 0.4) is 0 Å². The fourth-order valence-corrected chi connectivity index (χ4v) is 3.39. The fourth-order valence-electron chi connectivity index (χ4n) is 3.39. The second kappa shape index (κ2) is 7.21. The molecule has 24 heavy (non-hydrogen) atoms. The summed E-state index contributed by atoms with van der Waals surface area (Å²) in [7, 11) is 2.12. The summed E-state index contributed by atoms with van der Waals surface area (Å²) < 4.78 is 0. The molecule has 1 aromatic rings. The zero-order valence-corrected chi connectivity index (χ0v) is 14.5. The summed E-state index contributed by atoms with van der Waals surface area (Å²) in [6, 6.07) is 5.68. The molecule has 6 nitrogen and oxygen atoms in total. The molecule has 1 aromatic carbocycles. The molecule has 2 N–H and O–H groups in total. The second-order valence-corrected chi connectivity index (χ2v) is 6.81. The monoisotopic (exact) mass is 330 g/mol. The van der Waals surface area contributed by atoms with Gasteiger partial charge in [0.15, 0.2) is 0 Å². The molecular weight excluding hydrogens is 304 g/mol. The van der Waals surface area contributed by atoms with E-state index in [0.29, 0.717) is 12.3 Å². The number of hydrogen-bond acceptors (Lipinski definition) is 3. The van der Waals surface area contributed by atoms with Crippen molar-refractivity contribution in [3.8, 4) is 0 Å². The predicted octanol–water partition coefficient (Wildman–Crippen LogP) is 2.38. The highest BCUT2D eigenvalue weighted by molar-refractivity contribution is 5.96. The minimum Gasteiger partial charge on any atom is -0.326 e. The Morgan fingerprint density at radius 3 is 3.04 bits per heavy atom. The Hall–Kier alpha value is -2.08. The number of nitrogens with one attached hydrogen (secondary N) is 2. The molecule has 0 radical (unpaired) electrons. The molecular formula is C18H26N4O2. The number of likely N-dealkylation sites (tertiary alicyclic amines) is 1. The van der Waals surface area contributed by atoms with Crippen LogP contribution in [0.2, 0.25) is 0 Å². The number of fused-ring (bicyclic) bond motifs is 1. The Morgan fingerprint density at radius 1 is 1.42 bits per heavy atom. The van der Waals surface area contributed by atoms with Crippen LogP contribution in [-0.4, -0.2) is 55.0 Å². The maximum absolute atomic E-state index is 12.5. The molecule has 0 aliphatic carbocycles. The van der Waals surface area contributed by atoms with Crippen LogP contribution in [0.5, 0.6) is 0 Å². The summed E-state index contributed by atoms with van der Waals surface area (Å²) in [5.41, 5.74) is 2.67. The molecule has 2 aliphatic rings. The zero-order valence-electron chi connectivity index (χ0n) is 14.5. The molecule has 1 atom stereocenters. The smallest absolute Gasteiger partial charge is 0.321 e. The van der Waals surface area contributed by atoms with Gasteiger partial charge in [0.1, 0.15) is 0 Å². The molecule has 3 rings (SSSR count). The average Bonchev–Trinajstić information content (AvgIpc) is 3.03. The van der Waals surface area contributed by atoms with Crippen molar-refractivity contribution in [3.05, 3.63) is 23.8 Å². The van der Waals surface area contributed by atoms with Gasteiger partial charge >= 0.3 is 6.03 Å². The van der Waals surface area contributed by atoms with Crippen molar-refractivity contribution in [3.63, 3.8) is 0 Å². The lowest BCUT2D eigenvalue weighted by Crippen LogP contribution is -2.34. The molecule has 0 bridgehead atoms. The topological polar surface area (TPSA) is 64.7 Å². The maximum Gasteiger partial charge on any atom is 0.321 e. The van der Waals surface area contributed by atoms with Crippen molar-refractivity contribution < 1.29 is 9.59 Å². The molecule has 130 valence electrons. The van der Waals surface area contributed by atoms with Gasteiger partial charge in [0.05, 0.1) is 0 Å². The van der Waals surface area contributed by atoms with E-state index in [1.54, 1.807) is 0 Å². The van der Waals surface area contributed by atoms with Gasteiger partial charge in [0.2, 0.25) is 5.91 Å². The van der Waals surface area contributed by atoms with Crippen molar-refractivity contribution in [2.45, 2.75) is 26.2 Å². The fraction of sp³-hybridized carbons (Fsp3) is 0.556. The standard InChI is InChI=1S/C18H26N4O2/c1-3-21(2)11-13-8-9-22(12-13)18(24)19-15-6-4-14-5-7-17(23)20-16(14)10-15/h4,6,10,13H,3,5,7-9,11-12H2,1-2H3,(H,19,24)(H,20,23). The summed E-state index contributed by atoms with van der Waals surface area (Å²) >= 11 is 0. The van der Waals surface area contributed by atoms with Gasteiger partial charge in [-0.05, 0) is 50.0 Å². The minimum absolute atomic E-state index is 0.0356. The van der Waals surface area contributed by atoms with Gasteiger partial charge in [-0.15, -0.1) is 0 Å². The molecule has 1 unspecified atom stereocenters. The highest BCUT2D eigenvalue weighted by Crippen LogP contribution is 2.26. The van der Waals surface area contributed by atoms with E-state index in [-0.39, 0.29) is 11.9 Å². The Bertz CT molecular complexity index is 631. The van der Waals surface area contributed by atoms with Crippen LogP contribution in [0.1, 0.15) is 25.3 Å². The normalized spacial score (nSPS) is 20.0. The molecule has 0 saturated carbocycles. The summed E-state index contributed by atoms with van der Waals surface area (Å²) in [6.45, 7) is 5.82. The summed E-state index contributed by atoms with van der Waals surface area (Å²) in [4.78, 5) is 28.1. The van der Waals surface area contributed by atoms with Crippen LogP contribution < -0.4 is 10.6 Å². The van der Waals surface area contributed by atoms with E-state index in [4.69, 9.17) is 0 Å². The van der Waals surface area contributed by atoms with Gasteiger partial charge in [-0.3, -0.25) is 4.79 Å². The first-order valence-corrected chi connectivity index (χ1v) is 8.72. The number of urea groups is 1. The van der Waals surface area contributed by atoms with Crippen LogP contribution in [0.4, 0.5) is 16.2 Å². The van der Waals surface area contributed by atoms with Gasteiger partial charge in [-0.2, -0.15) is 0 Å². The number of hydrogen-bond donors (Lipinski definition) is 2. The molecule has 2 aliphatic heterocycles. The molecule has 0 spiro atoms. The number of carbonyl (C=O) groups excluding carboxylic acids is 2. The maximum atomic E-state index is 12.5. The average molecular weight is 330 g/mol. The molecule has 0 aromatic heterocycles. The van der Waals surface area contributed by atoms with Crippen LogP contribution in [0.15, 0.2) is 18.2 Å². The van der Waals surface area contributed by atoms with Gasteiger partial charge in [-0.25, -0.2) is 4.79 Å². The van der Waals surface area contributed by atoms with E-state index in [2.05, 4.69) is 29.5 Å². The summed E-state index contributed by atoms with van der Waals surface area (Å²) in [6.07, 6.45) is 2.34. The molecule has 2 heterocycles. The van der Waals surface area contributed by atoms with E-state index in [1.165, 1.54) is 0 Å². The molecule has 6 heteroatoms. The first-order chi connectivity index (χ1) is 11.5. The van der Waals surface area contributed by atoms with Crippen LogP contribution in [-0.2, 0) is 11.2 Å². The molecule has 3 amide bonds. The first-order valence-electron chi connectivity index (χ1n) is 8.72. The van der Waals surface area contributed by atoms with E-state index >= 15 is 0 Å². The lowest BCUT2D eigenvalue weighted by atomic mass is 10.0. The number of anilines is 2. The number of aryl methyl sites for hydroxylation is 1. The largest absolute Gasteiger partial charge is 0.326 e. The number of rotatable bonds is 4. The predicted molar refractivity (Wildman–Crippen MR) is 95.3 cm³/mol. The highest BCUT2D eigenvalue weighted by Gasteiger charge is 2.27. The van der Waals surface area contributed by atoms with Crippen LogP contribution >= 0.6 is 0 Å². The van der Waals surface area contributed by atoms with Gasteiger partial charge in [0, 0.05) is 37.4 Å². The Labute approximate surface area is 143 Å². The number of benzene rings is 1. The Morgan fingerprint density at radius 2 is 2.25 bits per heavy atom. The van der Waals surface area contributed by atoms with Gasteiger partial charge in [-0.1, -0.05) is 13.0 Å². The second-order valence-electron chi connectivity index (χ2n) is 6.81. The van der Waals surface area contributed by atoms with Crippen molar-refractivity contribution in [1.82, 2.24) is 9.80 Å². The SMILES string of the molecule is CCN(C)CC1CCN(C(=O)Nc2ccc3c(c2)NC(=O)CC3)C1. The summed E-state index contributed by atoms with van der Waals surface area (Å²) in [5, 5.41) is 5.83. The van der Waals surface area contributed by atoms with E-state index in [1.807, 2.05) is 23.1 Å². The van der Waals surface area contributed by atoms with Gasteiger partial charge in [0.25, 0.3) is 0 Å². The first kappa shape index (κ1) is 16.8. The number of carbonyl (C=O) groups is 2. The van der Waals surface area contributed by atoms with E-state index in [0.717, 1.165) is 56.0 Å². The lowest BCUT2D eigenvalue weighted by molar-refractivity contribution is -0.116. The summed E-state index contributed by atoms with van der Waals surface area (Å²) in [5.74, 6) is 0.580. The minimum atomic E-state index is -0.0567. The quantitative estimate of drug-likeness (QED) is 0.891. The van der Waals surface area contributed by atoms with E-state index in [9.17, 15) is 9.59 Å². The third-order valence-corrected chi connectivity index (χ3v) is 4.94. The molecule has 1 fully saturated rings. The van der Waals surface area contributed by atoms with Crippen LogP contribution in [0.25, 0.3) is 0 Å².